The Morgan fingerprint density at radius 2 is 1.38 bits per heavy atom. The smallest absolute Gasteiger partial charge is 0.416 e. The van der Waals surface area contributed by atoms with Crippen molar-refractivity contribution < 1.29 is 53.4 Å². The molecule has 1 heterocycles. The van der Waals surface area contributed by atoms with Crippen LogP contribution in [0, 0.1) is 5.82 Å². The average Bonchev–Trinajstić information content (AvgIpc) is 3.11. The molecule has 4 rings (SSSR count). The fourth-order valence-electron chi connectivity index (χ4n) is 4.91. The van der Waals surface area contributed by atoms with Crippen molar-refractivity contribution in [2.45, 2.75) is 63.3 Å². The molecule has 2 aromatic carbocycles. The minimum atomic E-state index is -5.10. The van der Waals surface area contributed by atoms with Crippen molar-refractivity contribution in [2.75, 3.05) is 6.54 Å². The molecule has 0 aromatic heterocycles. The van der Waals surface area contributed by atoms with Gasteiger partial charge in [0.2, 0.25) is 0 Å². The van der Waals surface area contributed by atoms with Crippen LogP contribution in [0.1, 0.15) is 66.5 Å². The Kier molecular flexibility index (Phi) is 7.41. The third kappa shape index (κ3) is 6.01. The minimum absolute atomic E-state index is 0.0363. The fraction of sp³-hybridized carbons (Fsp3) is 0.423. The number of hydrogen-bond acceptors (Lipinski definition) is 2. The summed E-state index contributed by atoms with van der Waals surface area (Å²) in [6, 6.07) is 1.89. The standard InChI is InChI=1S/C26H21F10NO2/c1-13-22(15-8-17(25(31,32)33)10-18(9-15)26(34,35)36)39-23(38)37(13)12-14-4-2-3-5-19(14)20-11-16(24(28,29)30)6-7-21(20)27/h6-11,13,22H,2-5,12H2,1H3. The van der Waals surface area contributed by atoms with E-state index in [-0.39, 0.29) is 30.2 Å². The molecule has 1 saturated heterocycles. The monoisotopic (exact) mass is 569 g/mol. The second-order valence-corrected chi connectivity index (χ2v) is 9.49. The molecule has 1 amide bonds. The number of ether oxygens (including phenoxy) is 1. The van der Waals surface area contributed by atoms with E-state index in [2.05, 4.69) is 0 Å². The van der Waals surface area contributed by atoms with E-state index in [4.69, 9.17) is 4.74 Å². The van der Waals surface area contributed by atoms with Gasteiger partial charge in [0.15, 0.2) is 0 Å². The van der Waals surface area contributed by atoms with Crippen molar-refractivity contribution in [3.63, 3.8) is 0 Å². The summed E-state index contributed by atoms with van der Waals surface area (Å²) in [4.78, 5) is 13.8. The van der Waals surface area contributed by atoms with Gasteiger partial charge in [0, 0.05) is 12.1 Å². The van der Waals surface area contributed by atoms with E-state index in [0.29, 0.717) is 55.2 Å². The molecule has 2 aliphatic rings. The fourth-order valence-corrected chi connectivity index (χ4v) is 4.91. The molecule has 3 nitrogen and oxygen atoms in total. The summed E-state index contributed by atoms with van der Waals surface area (Å²) in [5.41, 5.74) is -4.27. The van der Waals surface area contributed by atoms with E-state index >= 15 is 0 Å². The SMILES string of the molecule is CC1C(c2cc(C(F)(F)F)cc(C(F)(F)F)c2)OC(=O)N1CC1=C(c2cc(C(F)(F)F)ccc2F)CCCC1. The van der Waals surface area contributed by atoms with Crippen LogP contribution in [-0.4, -0.2) is 23.6 Å². The molecule has 0 saturated carbocycles. The van der Waals surface area contributed by atoms with Gasteiger partial charge in [-0.1, -0.05) is 0 Å². The summed E-state index contributed by atoms with van der Waals surface area (Å²) in [5.74, 6) is -0.893. The Morgan fingerprint density at radius 1 is 0.821 bits per heavy atom. The van der Waals surface area contributed by atoms with Gasteiger partial charge in [0.1, 0.15) is 11.9 Å². The molecule has 0 N–H and O–H groups in total. The molecule has 1 aliphatic carbocycles. The zero-order valence-corrected chi connectivity index (χ0v) is 20.2. The van der Waals surface area contributed by atoms with Crippen LogP contribution in [0.15, 0.2) is 42.0 Å². The maximum Gasteiger partial charge on any atom is 0.416 e. The Balaban J connectivity index is 1.69. The lowest BCUT2D eigenvalue weighted by Crippen LogP contribution is -2.34. The van der Waals surface area contributed by atoms with Crippen molar-refractivity contribution >= 4 is 11.7 Å². The molecule has 2 atom stereocenters. The number of hydrogen-bond donors (Lipinski definition) is 0. The van der Waals surface area contributed by atoms with Crippen LogP contribution in [0.2, 0.25) is 0 Å². The van der Waals surface area contributed by atoms with Gasteiger partial charge in [-0.25, -0.2) is 9.18 Å². The van der Waals surface area contributed by atoms with Crippen LogP contribution in [-0.2, 0) is 23.3 Å². The number of carbonyl (C=O) groups excluding carboxylic acids is 1. The predicted molar refractivity (Wildman–Crippen MR) is 119 cm³/mol. The van der Waals surface area contributed by atoms with Gasteiger partial charge >= 0.3 is 24.6 Å². The Labute approximate surface area is 216 Å². The first-order valence-corrected chi connectivity index (χ1v) is 11.8. The number of carbonyl (C=O) groups is 1. The Morgan fingerprint density at radius 3 is 1.95 bits per heavy atom. The summed E-state index contributed by atoms with van der Waals surface area (Å²) >= 11 is 0. The number of amides is 1. The third-order valence-corrected chi connectivity index (χ3v) is 6.89. The molecular formula is C26H21F10NO2. The van der Waals surface area contributed by atoms with E-state index in [1.807, 2.05) is 0 Å². The largest absolute Gasteiger partial charge is 0.439 e. The lowest BCUT2D eigenvalue weighted by molar-refractivity contribution is -0.143. The van der Waals surface area contributed by atoms with Crippen LogP contribution in [0.4, 0.5) is 48.7 Å². The molecule has 39 heavy (non-hydrogen) atoms. The molecule has 1 aliphatic heterocycles. The molecule has 13 heteroatoms. The summed E-state index contributed by atoms with van der Waals surface area (Å²) in [5, 5.41) is 0. The molecule has 0 bridgehead atoms. The average molecular weight is 569 g/mol. The quantitative estimate of drug-likeness (QED) is 0.345. The second kappa shape index (κ2) is 10.1. The van der Waals surface area contributed by atoms with Crippen molar-refractivity contribution in [3.8, 4) is 0 Å². The van der Waals surface area contributed by atoms with E-state index < -0.39 is 64.8 Å². The summed E-state index contributed by atoms with van der Waals surface area (Å²) < 4.78 is 140. The van der Waals surface area contributed by atoms with E-state index in [0.717, 1.165) is 4.90 Å². The van der Waals surface area contributed by atoms with Gasteiger partial charge in [-0.2, -0.15) is 39.5 Å². The summed E-state index contributed by atoms with van der Waals surface area (Å²) in [6.45, 7) is 1.13. The van der Waals surface area contributed by atoms with Crippen molar-refractivity contribution in [1.82, 2.24) is 4.90 Å². The minimum Gasteiger partial charge on any atom is -0.439 e. The zero-order valence-electron chi connectivity index (χ0n) is 20.2. The number of nitrogens with zero attached hydrogens (tertiary/aromatic N) is 1. The van der Waals surface area contributed by atoms with Crippen molar-refractivity contribution in [3.05, 3.63) is 75.6 Å². The van der Waals surface area contributed by atoms with Gasteiger partial charge < -0.3 is 4.74 Å². The molecule has 2 unspecified atom stereocenters. The Bertz CT molecular complexity index is 1260. The lowest BCUT2D eigenvalue weighted by atomic mass is 9.86. The van der Waals surface area contributed by atoms with Crippen LogP contribution in [0.3, 0.4) is 0 Å². The highest BCUT2D eigenvalue weighted by atomic mass is 19.4. The van der Waals surface area contributed by atoms with Gasteiger partial charge in [0.05, 0.1) is 22.7 Å². The summed E-state index contributed by atoms with van der Waals surface area (Å²) in [7, 11) is 0. The first-order chi connectivity index (χ1) is 18.0. The zero-order chi connectivity index (χ0) is 28.9. The number of alkyl halides is 9. The van der Waals surface area contributed by atoms with Gasteiger partial charge in [0.25, 0.3) is 0 Å². The first-order valence-electron chi connectivity index (χ1n) is 11.8. The number of benzene rings is 2. The topological polar surface area (TPSA) is 29.5 Å². The van der Waals surface area contributed by atoms with E-state index in [9.17, 15) is 48.7 Å². The maximum atomic E-state index is 14.6. The van der Waals surface area contributed by atoms with Gasteiger partial charge in [-0.05, 0) is 85.7 Å². The van der Waals surface area contributed by atoms with E-state index in [1.54, 1.807) is 0 Å². The van der Waals surface area contributed by atoms with Gasteiger partial charge in [-0.15, -0.1) is 0 Å². The maximum absolute atomic E-state index is 14.6. The third-order valence-electron chi connectivity index (χ3n) is 6.89. The highest BCUT2D eigenvalue weighted by Gasteiger charge is 2.43. The summed E-state index contributed by atoms with van der Waals surface area (Å²) in [6.07, 6.45) is -15.8. The van der Waals surface area contributed by atoms with Crippen LogP contribution in [0.25, 0.3) is 5.57 Å². The highest BCUT2D eigenvalue weighted by molar-refractivity contribution is 5.75. The van der Waals surface area contributed by atoms with Crippen LogP contribution < -0.4 is 0 Å². The molecule has 1 fully saturated rings. The van der Waals surface area contributed by atoms with E-state index in [1.165, 1.54) is 6.92 Å². The first kappa shape index (κ1) is 28.8. The highest BCUT2D eigenvalue weighted by Crippen LogP contribution is 2.42. The molecular weight excluding hydrogens is 548 g/mol. The molecule has 0 radical (unpaired) electrons. The molecule has 212 valence electrons. The number of halogens is 10. The lowest BCUT2D eigenvalue weighted by Gasteiger charge is -2.27. The van der Waals surface area contributed by atoms with Crippen molar-refractivity contribution in [2.24, 2.45) is 0 Å². The van der Waals surface area contributed by atoms with Crippen LogP contribution >= 0.6 is 0 Å². The normalized spacial score (nSPS) is 21.0. The van der Waals surface area contributed by atoms with Crippen LogP contribution in [0.5, 0.6) is 0 Å². The van der Waals surface area contributed by atoms with Crippen molar-refractivity contribution in [1.29, 1.82) is 0 Å². The number of cyclic esters (lactones) is 1. The molecule has 0 spiro atoms. The Hall–Kier alpha value is -3.25. The molecule has 2 aromatic rings. The second-order valence-electron chi connectivity index (χ2n) is 9.49. The van der Waals surface area contributed by atoms with Gasteiger partial charge in [-0.3, -0.25) is 4.90 Å². The predicted octanol–water partition coefficient (Wildman–Crippen LogP) is 8.79. The number of rotatable bonds is 4. The number of allylic oxidation sites excluding steroid dienone is 1.